The van der Waals surface area contributed by atoms with Gasteiger partial charge in [-0.3, -0.25) is 9.69 Å². The molecule has 0 bridgehead atoms. The molecule has 0 saturated carbocycles. The van der Waals surface area contributed by atoms with Crippen molar-refractivity contribution in [1.82, 2.24) is 15.2 Å². The van der Waals surface area contributed by atoms with Gasteiger partial charge >= 0.3 is 0 Å². The van der Waals surface area contributed by atoms with Gasteiger partial charge in [0.15, 0.2) is 5.43 Å². The van der Waals surface area contributed by atoms with Crippen LogP contribution in [0, 0.1) is 0 Å². The summed E-state index contributed by atoms with van der Waals surface area (Å²) < 4.78 is 0. The third-order valence-electron chi connectivity index (χ3n) is 4.64. The lowest BCUT2D eigenvalue weighted by molar-refractivity contribution is 0.162. The molecule has 0 fully saturated rings. The van der Waals surface area contributed by atoms with Gasteiger partial charge in [-0.15, -0.1) is 0 Å². The summed E-state index contributed by atoms with van der Waals surface area (Å²) in [6.45, 7) is 2.88. The number of hydrogen-bond donors (Lipinski definition) is 2. The highest BCUT2D eigenvalue weighted by Crippen LogP contribution is 2.31. The molecule has 122 valence electrons. The van der Waals surface area contributed by atoms with Crippen LogP contribution in [0.5, 0.6) is 0 Å². The Morgan fingerprint density at radius 2 is 2.09 bits per heavy atom. The Morgan fingerprint density at radius 1 is 1.26 bits per heavy atom. The van der Waals surface area contributed by atoms with Crippen molar-refractivity contribution in [2.45, 2.75) is 31.8 Å². The fourth-order valence-corrected chi connectivity index (χ4v) is 3.51. The number of aromatic nitrogens is 1. The summed E-state index contributed by atoms with van der Waals surface area (Å²) in [5.74, 6) is 0. The smallest absolute Gasteiger partial charge is 0.186 e. The van der Waals surface area contributed by atoms with Crippen molar-refractivity contribution in [3.05, 3.63) is 69.6 Å². The minimum absolute atomic E-state index is 0.172. The Hall–Kier alpha value is -1.91. The molecule has 3 rings (SSSR count). The van der Waals surface area contributed by atoms with Crippen LogP contribution in [0.3, 0.4) is 0 Å². The topological polar surface area (TPSA) is 48.1 Å². The highest BCUT2D eigenvalue weighted by Gasteiger charge is 2.29. The SMILES string of the molecule is CNCCCC1c2c([nH]ccc2=O)CCN1Cc1ccccc1. The van der Waals surface area contributed by atoms with E-state index in [1.807, 2.05) is 13.1 Å². The van der Waals surface area contributed by atoms with Crippen LogP contribution in [0.4, 0.5) is 0 Å². The van der Waals surface area contributed by atoms with Gasteiger partial charge < -0.3 is 10.3 Å². The average molecular weight is 311 g/mol. The van der Waals surface area contributed by atoms with Gasteiger partial charge in [0, 0.05) is 49.1 Å². The molecule has 4 heteroatoms. The van der Waals surface area contributed by atoms with E-state index in [1.54, 1.807) is 12.3 Å². The molecule has 1 atom stereocenters. The quantitative estimate of drug-likeness (QED) is 0.806. The van der Waals surface area contributed by atoms with E-state index in [9.17, 15) is 4.79 Å². The van der Waals surface area contributed by atoms with Crippen LogP contribution >= 0.6 is 0 Å². The molecule has 1 aliphatic rings. The molecule has 0 radical (unpaired) electrons. The standard InChI is InChI=1S/C19H25N3O/c1-20-11-5-8-17-19-16(21-12-9-18(19)23)10-13-22(17)14-15-6-3-2-4-7-15/h2-4,6-7,9,12,17,20H,5,8,10-11,13-14H2,1H3,(H,21,23). The highest BCUT2D eigenvalue weighted by atomic mass is 16.1. The number of nitrogens with zero attached hydrogens (tertiary/aromatic N) is 1. The van der Waals surface area contributed by atoms with Crippen molar-refractivity contribution >= 4 is 0 Å². The lowest BCUT2D eigenvalue weighted by Crippen LogP contribution is -2.39. The number of fused-ring (bicyclic) bond motifs is 1. The molecule has 0 spiro atoms. The zero-order chi connectivity index (χ0) is 16.1. The summed E-state index contributed by atoms with van der Waals surface area (Å²) >= 11 is 0. The van der Waals surface area contributed by atoms with E-state index in [1.165, 1.54) is 5.56 Å². The average Bonchev–Trinajstić information content (AvgIpc) is 2.58. The maximum Gasteiger partial charge on any atom is 0.186 e. The summed E-state index contributed by atoms with van der Waals surface area (Å²) in [6, 6.07) is 12.4. The van der Waals surface area contributed by atoms with Gasteiger partial charge in [-0.25, -0.2) is 0 Å². The van der Waals surface area contributed by atoms with Gasteiger partial charge in [0.05, 0.1) is 0 Å². The van der Waals surface area contributed by atoms with Crippen LogP contribution in [0.15, 0.2) is 47.4 Å². The van der Waals surface area contributed by atoms with Gasteiger partial charge in [0.2, 0.25) is 0 Å². The number of benzene rings is 1. The zero-order valence-corrected chi connectivity index (χ0v) is 13.7. The first-order valence-corrected chi connectivity index (χ1v) is 8.42. The van der Waals surface area contributed by atoms with Crippen molar-refractivity contribution in [3.8, 4) is 0 Å². The third-order valence-corrected chi connectivity index (χ3v) is 4.64. The molecule has 1 aliphatic heterocycles. The lowest BCUT2D eigenvalue weighted by Gasteiger charge is -2.36. The maximum absolute atomic E-state index is 12.4. The number of nitrogens with one attached hydrogen (secondary N) is 2. The molecule has 0 amide bonds. The molecular formula is C19H25N3O. The van der Waals surface area contributed by atoms with Crippen LogP contribution in [-0.2, 0) is 13.0 Å². The fourth-order valence-electron chi connectivity index (χ4n) is 3.51. The zero-order valence-electron chi connectivity index (χ0n) is 13.7. The number of aromatic amines is 1. The molecule has 4 nitrogen and oxygen atoms in total. The second kappa shape index (κ2) is 7.57. The number of pyridine rings is 1. The van der Waals surface area contributed by atoms with Gasteiger partial charge in [0.1, 0.15) is 0 Å². The normalized spacial score (nSPS) is 17.9. The monoisotopic (exact) mass is 311 g/mol. The summed E-state index contributed by atoms with van der Waals surface area (Å²) in [6.07, 6.45) is 4.77. The predicted molar refractivity (Wildman–Crippen MR) is 93.5 cm³/mol. The molecule has 1 aromatic carbocycles. The van der Waals surface area contributed by atoms with Crippen molar-refractivity contribution in [2.75, 3.05) is 20.1 Å². The third kappa shape index (κ3) is 3.71. The Kier molecular flexibility index (Phi) is 5.26. The summed E-state index contributed by atoms with van der Waals surface area (Å²) in [7, 11) is 1.98. The lowest BCUT2D eigenvalue weighted by atomic mass is 9.92. The maximum atomic E-state index is 12.4. The number of H-pyrrole nitrogens is 1. The Morgan fingerprint density at radius 3 is 2.87 bits per heavy atom. The van der Waals surface area contributed by atoms with E-state index >= 15 is 0 Å². The summed E-state index contributed by atoms with van der Waals surface area (Å²) in [4.78, 5) is 18.2. The minimum atomic E-state index is 0.172. The van der Waals surface area contributed by atoms with Crippen LogP contribution in [0.2, 0.25) is 0 Å². The Balaban J connectivity index is 1.86. The molecule has 0 saturated heterocycles. The highest BCUT2D eigenvalue weighted by molar-refractivity contribution is 5.27. The van der Waals surface area contributed by atoms with Gasteiger partial charge in [-0.2, -0.15) is 0 Å². The first-order chi connectivity index (χ1) is 11.3. The van der Waals surface area contributed by atoms with Crippen molar-refractivity contribution < 1.29 is 0 Å². The first-order valence-electron chi connectivity index (χ1n) is 8.42. The molecule has 2 N–H and O–H groups in total. The number of rotatable bonds is 6. The second-order valence-electron chi connectivity index (χ2n) is 6.20. The summed E-state index contributed by atoms with van der Waals surface area (Å²) in [5.41, 5.74) is 3.58. The van der Waals surface area contributed by atoms with E-state index in [0.717, 1.165) is 50.2 Å². The molecule has 1 unspecified atom stereocenters. The first kappa shape index (κ1) is 16.0. The van der Waals surface area contributed by atoms with Crippen molar-refractivity contribution in [2.24, 2.45) is 0 Å². The van der Waals surface area contributed by atoms with E-state index in [4.69, 9.17) is 0 Å². The minimum Gasteiger partial charge on any atom is -0.364 e. The second-order valence-corrected chi connectivity index (χ2v) is 6.20. The Bertz CT molecular complexity index is 681. The van der Waals surface area contributed by atoms with Crippen molar-refractivity contribution in [3.63, 3.8) is 0 Å². The van der Waals surface area contributed by atoms with Crippen LogP contribution in [-0.4, -0.2) is 30.0 Å². The van der Waals surface area contributed by atoms with Gasteiger partial charge in [-0.1, -0.05) is 30.3 Å². The molecule has 2 aromatic rings. The van der Waals surface area contributed by atoms with Crippen LogP contribution in [0.25, 0.3) is 0 Å². The molecule has 0 aliphatic carbocycles. The molecule has 1 aromatic heterocycles. The fraction of sp³-hybridized carbons (Fsp3) is 0.421. The number of hydrogen-bond acceptors (Lipinski definition) is 3. The predicted octanol–water partition coefficient (Wildman–Crippen LogP) is 2.47. The van der Waals surface area contributed by atoms with E-state index < -0.39 is 0 Å². The largest absolute Gasteiger partial charge is 0.364 e. The molecule has 23 heavy (non-hydrogen) atoms. The van der Waals surface area contributed by atoms with E-state index in [0.29, 0.717) is 0 Å². The summed E-state index contributed by atoms with van der Waals surface area (Å²) in [5, 5.41) is 3.21. The van der Waals surface area contributed by atoms with Gasteiger partial charge in [0.25, 0.3) is 0 Å². The Labute approximate surface area is 137 Å². The van der Waals surface area contributed by atoms with E-state index in [-0.39, 0.29) is 11.5 Å². The molecular weight excluding hydrogens is 286 g/mol. The molecule has 2 heterocycles. The van der Waals surface area contributed by atoms with E-state index in [2.05, 4.69) is 39.5 Å². The van der Waals surface area contributed by atoms with Gasteiger partial charge in [-0.05, 0) is 32.0 Å². The van der Waals surface area contributed by atoms with Crippen molar-refractivity contribution in [1.29, 1.82) is 0 Å². The van der Waals surface area contributed by atoms with Crippen LogP contribution < -0.4 is 10.7 Å². The van der Waals surface area contributed by atoms with Crippen LogP contribution in [0.1, 0.15) is 35.7 Å².